The van der Waals surface area contributed by atoms with Gasteiger partial charge in [-0.3, -0.25) is 9.10 Å². The number of benzene rings is 3. The van der Waals surface area contributed by atoms with Gasteiger partial charge in [-0.2, -0.15) is 13.2 Å². The van der Waals surface area contributed by atoms with Gasteiger partial charge in [-0.1, -0.05) is 36.4 Å². The Morgan fingerprint density at radius 2 is 1.55 bits per heavy atom. The van der Waals surface area contributed by atoms with Crippen LogP contribution in [0.1, 0.15) is 28.4 Å². The molecule has 0 aliphatic rings. The summed E-state index contributed by atoms with van der Waals surface area (Å²) >= 11 is 0. The molecule has 0 aliphatic heterocycles. The molecule has 174 valence electrons. The third-order valence-corrected chi connectivity index (χ3v) is 6.95. The number of carbonyl (C=O) groups is 1. The van der Waals surface area contributed by atoms with E-state index in [-0.39, 0.29) is 23.5 Å². The highest BCUT2D eigenvalue weighted by molar-refractivity contribution is 7.92. The average Bonchev–Trinajstić information content (AvgIpc) is 2.79. The largest absolute Gasteiger partial charge is 0.416 e. The summed E-state index contributed by atoms with van der Waals surface area (Å²) in [5.74, 6) is -0.449. The lowest BCUT2D eigenvalue weighted by Gasteiger charge is -2.23. The van der Waals surface area contributed by atoms with Gasteiger partial charge < -0.3 is 4.90 Å². The SMILES string of the molecule is CCN(c1ccccc1)S(=O)(=O)c1cccc(C(=O)N(C)Cc2ccc(C(F)(F)F)cc2)c1. The van der Waals surface area contributed by atoms with Crippen LogP contribution in [0.3, 0.4) is 0 Å². The van der Waals surface area contributed by atoms with Crippen LogP contribution in [0.25, 0.3) is 0 Å². The van der Waals surface area contributed by atoms with Crippen LogP contribution in [0.15, 0.2) is 83.8 Å². The fourth-order valence-corrected chi connectivity index (χ4v) is 4.89. The lowest BCUT2D eigenvalue weighted by Crippen LogP contribution is -2.31. The van der Waals surface area contributed by atoms with Crippen LogP contribution in [0.2, 0.25) is 0 Å². The summed E-state index contributed by atoms with van der Waals surface area (Å²) in [6.45, 7) is 1.99. The van der Waals surface area contributed by atoms with E-state index < -0.39 is 27.7 Å². The second-order valence-corrected chi connectivity index (χ2v) is 9.25. The van der Waals surface area contributed by atoms with Crippen molar-refractivity contribution in [2.45, 2.75) is 24.5 Å². The molecular formula is C24H23F3N2O3S. The molecule has 3 aromatic carbocycles. The fourth-order valence-electron chi connectivity index (χ4n) is 3.37. The van der Waals surface area contributed by atoms with E-state index in [1.54, 1.807) is 37.3 Å². The van der Waals surface area contributed by atoms with Crippen LogP contribution < -0.4 is 4.31 Å². The Morgan fingerprint density at radius 3 is 2.12 bits per heavy atom. The molecule has 33 heavy (non-hydrogen) atoms. The van der Waals surface area contributed by atoms with E-state index in [9.17, 15) is 26.4 Å². The molecule has 0 unspecified atom stereocenters. The Morgan fingerprint density at radius 1 is 0.909 bits per heavy atom. The first-order chi connectivity index (χ1) is 15.5. The third kappa shape index (κ3) is 5.54. The smallest absolute Gasteiger partial charge is 0.337 e. The molecule has 3 aromatic rings. The van der Waals surface area contributed by atoms with Crippen molar-refractivity contribution in [3.05, 3.63) is 95.6 Å². The van der Waals surface area contributed by atoms with Crippen molar-refractivity contribution in [1.29, 1.82) is 0 Å². The van der Waals surface area contributed by atoms with Crippen molar-refractivity contribution in [1.82, 2.24) is 4.90 Å². The van der Waals surface area contributed by atoms with E-state index in [0.29, 0.717) is 11.3 Å². The maximum absolute atomic E-state index is 13.2. The molecule has 0 N–H and O–H groups in total. The number of amides is 1. The van der Waals surface area contributed by atoms with Crippen molar-refractivity contribution in [3.8, 4) is 0 Å². The summed E-state index contributed by atoms with van der Waals surface area (Å²) in [5.41, 5.74) is 0.423. The lowest BCUT2D eigenvalue weighted by molar-refractivity contribution is -0.137. The molecule has 9 heteroatoms. The first kappa shape index (κ1) is 24.3. The second kappa shape index (κ2) is 9.66. The van der Waals surface area contributed by atoms with E-state index in [2.05, 4.69) is 0 Å². The number of alkyl halides is 3. The van der Waals surface area contributed by atoms with Crippen molar-refractivity contribution >= 4 is 21.6 Å². The summed E-state index contributed by atoms with van der Waals surface area (Å²) in [4.78, 5) is 14.2. The summed E-state index contributed by atoms with van der Waals surface area (Å²) in [6.07, 6.45) is -4.43. The monoisotopic (exact) mass is 476 g/mol. The van der Waals surface area contributed by atoms with Gasteiger partial charge in [0, 0.05) is 25.7 Å². The van der Waals surface area contributed by atoms with Crippen LogP contribution >= 0.6 is 0 Å². The van der Waals surface area contributed by atoms with Gasteiger partial charge in [-0.25, -0.2) is 8.42 Å². The maximum atomic E-state index is 13.2. The number of rotatable bonds is 7. The van der Waals surface area contributed by atoms with Crippen LogP contribution in [-0.4, -0.2) is 32.8 Å². The number of anilines is 1. The van der Waals surface area contributed by atoms with Gasteiger partial charge in [0.15, 0.2) is 0 Å². The van der Waals surface area contributed by atoms with E-state index in [1.165, 1.54) is 52.7 Å². The molecule has 0 bridgehead atoms. The van der Waals surface area contributed by atoms with Gasteiger partial charge in [0.05, 0.1) is 16.1 Å². The van der Waals surface area contributed by atoms with Crippen molar-refractivity contribution in [2.75, 3.05) is 17.9 Å². The molecule has 3 rings (SSSR count). The minimum Gasteiger partial charge on any atom is -0.337 e. The fraction of sp³-hybridized carbons (Fsp3) is 0.208. The van der Waals surface area contributed by atoms with Gasteiger partial charge in [0.25, 0.3) is 15.9 Å². The Labute approximate surface area is 191 Å². The van der Waals surface area contributed by atoms with Gasteiger partial charge in [0.2, 0.25) is 0 Å². The molecule has 0 saturated carbocycles. The lowest BCUT2D eigenvalue weighted by atomic mass is 10.1. The molecule has 0 aromatic heterocycles. The zero-order valence-electron chi connectivity index (χ0n) is 18.1. The molecule has 0 spiro atoms. The molecule has 0 heterocycles. The van der Waals surface area contributed by atoms with Crippen LogP contribution in [0, 0.1) is 0 Å². The molecule has 0 radical (unpaired) electrons. The Kier molecular flexibility index (Phi) is 7.12. The van der Waals surface area contributed by atoms with Crippen molar-refractivity contribution < 1.29 is 26.4 Å². The Bertz CT molecular complexity index is 1210. The van der Waals surface area contributed by atoms with E-state index in [4.69, 9.17) is 0 Å². The predicted molar refractivity (Wildman–Crippen MR) is 120 cm³/mol. The van der Waals surface area contributed by atoms with Gasteiger partial charge in [0.1, 0.15) is 0 Å². The minimum absolute atomic E-state index is 0.0259. The molecular weight excluding hydrogens is 453 g/mol. The number of nitrogens with zero attached hydrogens (tertiary/aromatic N) is 2. The molecule has 0 atom stereocenters. The average molecular weight is 477 g/mol. The molecule has 5 nitrogen and oxygen atoms in total. The highest BCUT2D eigenvalue weighted by Crippen LogP contribution is 2.29. The first-order valence-corrected chi connectivity index (χ1v) is 11.6. The first-order valence-electron chi connectivity index (χ1n) is 10.1. The van der Waals surface area contributed by atoms with E-state index >= 15 is 0 Å². The van der Waals surface area contributed by atoms with Crippen molar-refractivity contribution in [3.63, 3.8) is 0 Å². The summed E-state index contributed by atoms with van der Waals surface area (Å²) in [6, 6.07) is 18.9. The minimum atomic E-state index is -4.43. The molecule has 0 aliphatic carbocycles. The zero-order chi connectivity index (χ0) is 24.2. The normalized spacial score (nSPS) is 11.8. The Hall–Kier alpha value is -3.33. The van der Waals surface area contributed by atoms with Crippen LogP contribution in [-0.2, 0) is 22.7 Å². The number of sulfonamides is 1. The third-order valence-electron chi connectivity index (χ3n) is 5.05. The standard InChI is InChI=1S/C24H23F3N2O3S/c1-3-29(21-9-5-4-6-10-21)33(31,32)22-11-7-8-19(16-22)23(30)28(2)17-18-12-14-20(15-13-18)24(25,26)27/h4-16H,3,17H2,1-2H3. The second-order valence-electron chi connectivity index (χ2n) is 7.39. The molecule has 0 fully saturated rings. The van der Waals surface area contributed by atoms with Gasteiger partial charge in [-0.05, 0) is 55.0 Å². The summed E-state index contributed by atoms with van der Waals surface area (Å²) in [5, 5.41) is 0. The van der Waals surface area contributed by atoms with Gasteiger partial charge >= 0.3 is 6.18 Å². The highest BCUT2D eigenvalue weighted by Gasteiger charge is 2.30. The number of para-hydroxylation sites is 1. The topological polar surface area (TPSA) is 57.7 Å². The quantitative estimate of drug-likeness (QED) is 0.471. The molecule has 0 saturated heterocycles. The maximum Gasteiger partial charge on any atom is 0.416 e. The zero-order valence-corrected chi connectivity index (χ0v) is 18.9. The van der Waals surface area contributed by atoms with Crippen LogP contribution in [0.4, 0.5) is 18.9 Å². The van der Waals surface area contributed by atoms with E-state index in [0.717, 1.165) is 12.1 Å². The van der Waals surface area contributed by atoms with Crippen molar-refractivity contribution in [2.24, 2.45) is 0 Å². The van der Waals surface area contributed by atoms with Gasteiger partial charge in [-0.15, -0.1) is 0 Å². The summed E-state index contributed by atoms with van der Waals surface area (Å²) < 4.78 is 65.9. The number of hydrogen-bond donors (Lipinski definition) is 0. The predicted octanol–water partition coefficient (Wildman–Crippen LogP) is 5.19. The van der Waals surface area contributed by atoms with Crippen LogP contribution in [0.5, 0.6) is 0 Å². The number of carbonyl (C=O) groups excluding carboxylic acids is 1. The molecule has 1 amide bonds. The summed E-state index contributed by atoms with van der Waals surface area (Å²) in [7, 11) is -2.40. The number of hydrogen-bond acceptors (Lipinski definition) is 3. The van der Waals surface area contributed by atoms with E-state index in [1.807, 2.05) is 0 Å². The highest BCUT2D eigenvalue weighted by atomic mass is 32.2. The number of halogens is 3. The Balaban J connectivity index is 1.81.